The van der Waals surface area contributed by atoms with Gasteiger partial charge in [0, 0.05) is 58.9 Å². The first kappa shape index (κ1) is 25.6. The average Bonchev–Trinajstić information content (AvgIpc) is 3.90. The third-order valence-electron chi connectivity index (χ3n) is 10.1. The molecule has 2 aliphatic carbocycles. The van der Waals surface area contributed by atoms with Gasteiger partial charge in [-0.2, -0.15) is 0 Å². The molecule has 216 valence electrons. The first-order valence-electron chi connectivity index (χ1n) is 15.1. The van der Waals surface area contributed by atoms with Crippen LogP contribution in [0.2, 0.25) is 0 Å². The zero-order valence-electron chi connectivity index (χ0n) is 23.8. The quantitative estimate of drug-likeness (QED) is 0.281. The number of aromatic nitrogens is 6. The van der Waals surface area contributed by atoms with Gasteiger partial charge in [0.2, 0.25) is 0 Å². The summed E-state index contributed by atoms with van der Waals surface area (Å²) in [7, 11) is 0. The minimum atomic E-state index is -0.477. The molecule has 8 heteroatoms. The Hall–Kier alpha value is -4.92. The molecule has 0 fully saturated rings. The van der Waals surface area contributed by atoms with E-state index in [1.54, 1.807) is 24.8 Å². The molecule has 2 aromatic carbocycles. The molecule has 6 heterocycles. The normalized spacial score (nSPS) is 24.9. The maximum absolute atomic E-state index is 10.8. The topological polar surface area (TPSA) is 102 Å². The number of aliphatic hydroxyl groups excluding tert-OH is 2. The molecule has 2 N–H and O–H groups in total. The number of hydrogen-bond donors (Lipinski definition) is 2. The van der Waals surface area contributed by atoms with Gasteiger partial charge in [0.05, 0.1) is 60.7 Å². The molecule has 0 radical (unpaired) electrons. The lowest BCUT2D eigenvalue weighted by molar-refractivity contribution is 0.101. The van der Waals surface area contributed by atoms with Crippen LogP contribution < -0.4 is 0 Å². The standard InChI is InChI=1S/2C18H15N3O/c2*22-18-14(7-11-5-6-19-8-15(11)18)17-13-4-2-1-3-12(13)16-9-20-10-21(16)17/h2*1-6,8-10,14,17-18,22H,7H2/t2*14-,17-,18+/m10/s1. The van der Waals surface area contributed by atoms with Gasteiger partial charge in [-0.15, -0.1) is 0 Å². The molecular formula is C36H30N6O2. The van der Waals surface area contributed by atoms with E-state index in [9.17, 15) is 10.2 Å². The molecule has 0 bridgehead atoms. The van der Waals surface area contributed by atoms with Gasteiger partial charge in [0.15, 0.2) is 0 Å². The SMILES string of the molecule is O[C@@H]1c2cnccc2C[C@@H]1[C@H]1c2ccccc2-c2cncn21.O[C@H]1c2cnccc2C[C@H]1[C@@H]1c2ccccc2-c2cncn21. The maximum atomic E-state index is 10.8. The van der Waals surface area contributed by atoms with E-state index in [1.807, 2.05) is 37.2 Å². The number of hydrogen-bond acceptors (Lipinski definition) is 6. The van der Waals surface area contributed by atoms with E-state index < -0.39 is 12.2 Å². The molecule has 6 atom stereocenters. The largest absolute Gasteiger partial charge is 0.388 e. The molecule has 0 saturated heterocycles. The molecule has 8 nitrogen and oxygen atoms in total. The second-order valence-electron chi connectivity index (χ2n) is 12.2. The van der Waals surface area contributed by atoms with Crippen LogP contribution in [0.5, 0.6) is 0 Å². The van der Waals surface area contributed by atoms with Gasteiger partial charge in [0.25, 0.3) is 0 Å². The summed E-state index contributed by atoms with van der Waals surface area (Å²) in [6.45, 7) is 0. The van der Waals surface area contributed by atoms with E-state index >= 15 is 0 Å². The van der Waals surface area contributed by atoms with Crippen molar-refractivity contribution in [2.24, 2.45) is 11.8 Å². The Kier molecular flexibility index (Phi) is 5.70. The second-order valence-corrected chi connectivity index (χ2v) is 12.2. The summed E-state index contributed by atoms with van der Waals surface area (Å²) >= 11 is 0. The van der Waals surface area contributed by atoms with Gasteiger partial charge in [-0.3, -0.25) is 9.97 Å². The summed E-state index contributed by atoms with van der Waals surface area (Å²) in [5, 5.41) is 21.6. The van der Waals surface area contributed by atoms with E-state index in [-0.39, 0.29) is 23.9 Å². The highest BCUT2D eigenvalue weighted by atomic mass is 16.3. The van der Waals surface area contributed by atoms with Crippen LogP contribution in [0.25, 0.3) is 22.5 Å². The molecule has 4 aliphatic rings. The Bertz CT molecular complexity index is 1890. The fourth-order valence-electron chi connectivity index (χ4n) is 8.16. The second kappa shape index (κ2) is 9.80. The van der Waals surface area contributed by atoms with Crippen molar-refractivity contribution in [1.82, 2.24) is 29.1 Å². The minimum Gasteiger partial charge on any atom is -0.388 e. The molecule has 0 amide bonds. The predicted molar refractivity (Wildman–Crippen MR) is 164 cm³/mol. The van der Waals surface area contributed by atoms with Crippen molar-refractivity contribution in [2.75, 3.05) is 0 Å². The first-order chi connectivity index (χ1) is 21.7. The third-order valence-corrected chi connectivity index (χ3v) is 10.1. The van der Waals surface area contributed by atoms with Crippen molar-refractivity contribution in [3.8, 4) is 22.5 Å². The van der Waals surface area contributed by atoms with Crippen LogP contribution in [0.3, 0.4) is 0 Å². The highest BCUT2D eigenvalue weighted by Gasteiger charge is 2.43. The monoisotopic (exact) mass is 578 g/mol. The van der Waals surface area contributed by atoms with Crippen LogP contribution in [-0.4, -0.2) is 39.3 Å². The summed E-state index contributed by atoms with van der Waals surface area (Å²) in [4.78, 5) is 16.9. The van der Waals surface area contributed by atoms with Crippen molar-refractivity contribution in [2.45, 2.75) is 37.1 Å². The van der Waals surface area contributed by atoms with Crippen LogP contribution in [0.15, 0.2) is 110 Å². The van der Waals surface area contributed by atoms with Crippen LogP contribution in [0, 0.1) is 11.8 Å². The number of fused-ring (bicyclic) bond motifs is 8. The van der Waals surface area contributed by atoms with Crippen LogP contribution in [0.4, 0.5) is 0 Å². The molecule has 4 aromatic heterocycles. The van der Waals surface area contributed by atoms with Gasteiger partial charge in [-0.25, -0.2) is 9.97 Å². The molecule has 0 spiro atoms. The fraction of sp³-hybridized carbons (Fsp3) is 0.222. The van der Waals surface area contributed by atoms with Gasteiger partial charge in [-0.05, 0) is 47.2 Å². The summed E-state index contributed by atoms with van der Waals surface area (Å²) in [6.07, 6.45) is 15.6. The van der Waals surface area contributed by atoms with Crippen molar-refractivity contribution in [3.05, 3.63) is 144 Å². The molecular weight excluding hydrogens is 548 g/mol. The van der Waals surface area contributed by atoms with Crippen LogP contribution in [0.1, 0.15) is 57.7 Å². The molecule has 6 aromatic rings. The Morgan fingerprint density at radius 2 is 0.977 bits per heavy atom. The lowest BCUT2D eigenvalue weighted by atomic mass is 9.88. The third kappa shape index (κ3) is 3.64. The van der Waals surface area contributed by atoms with E-state index in [2.05, 4.69) is 77.6 Å². The summed E-state index contributed by atoms with van der Waals surface area (Å²) < 4.78 is 4.41. The fourth-order valence-corrected chi connectivity index (χ4v) is 8.16. The number of imidazole rings is 2. The van der Waals surface area contributed by atoms with E-state index in [1.165, 1.54) is 33.4 Å². The molecule has 2 aliphatic heterocycles. The molecule has 0 unspecified atom stereocenters. The Balaban J connectivity index is 0.000000123. The minimum absolute atomic E-state index is 0.121. The van der Waals surface area contributed by atoms with E-state index in [4.69, 9.17) is 0 Å². The number of pyridine rings is 2. The molecule has 10 rings (SSSR count). The van der Waals surface area contributed by atoms with Gasteiger partial charge in [-0.1, -0.05) is 48.5 Å². The van der Waals surface area contributed by atoms with E-state index in [0.29, 0.717) is 0 Å². The zero-order valence-corrected chi connectivity index (χ0v) is 23.8. The number of aliphatic hydroxyl groups is 2. The van der Waals surface area contributed by atoms with Crippen molar-refractivity contribution in [3.63, 3.8) is 0 Å². The van der Waals surface area contributed by atoms with Crippen molar-refractivity contribution >= 4 is 0 Å². The maximum Gasteiger partial charge on any atom is 0.0956 e. The lowest BCUT2D eigenvalue weighted by Gasteiger charge is -2.25. The summed E-state index contributed by atoms with van der Waals surface area (Å²) in [5.41, 5.74) is 11.7. The Morgan fingerprint density at radius 3 is 1.43 bits per heavy atom. The average molecular weight is 579 g/mol. The van der Waals surface area contributed by atoms with Gasteiger partial charge >= 0.3 is 0 Å². The Morgan fingerprint density at radius 1 is 0.523 bits per heavy atom. The highest BCUT2D eigenvalue weighted by Crippen LogP contribution is 2.51. The number of rotatable bonds is 2. The summed E-state index contributed by atoms with van der Waals surface area (Å²) in [6, 6.07) is 21.2. The van der Waals surface area contributed by atoms with Crippen LogP contribution in [-0.2, 0) is 12.8 Å². The first-order valence-corrected chi connectivity index (χ1v) is 15.1. The molecule has 0 saturated carbocycles. The van der Waals surface area contributed by atoms with Gasteiger partial charge < -0.3 is 19.3 Å². The van der Waals surface area contributed by atoms with Gasteiger partial charge in [0.1, 0.15) is 0 Å². The van der Waals surface area contributed by atoms with Crippen LogP contribution >= 0.6 is 0 Å². The predicted octanol–water partition coefficient (Wildman–Crippen LogP) is 5.51. The van der Waals surface area contributed by atoms with E-state index in [0.717, 1.165) is 35.4 Å². The number of benzene rings is 2. The van der Waals surface area contributed by atoms with Crippen molar-refractivity contribution < 1.29 is 10.2 Å². The highest BCUT2D eigenvalue weighted by molar-refractivity contribution is 5.70. The summed E-state index contributed by atoms with van der Waals surface area (Å²) in [5.74, 6) is 0.242. The van der Waals surface area contributed by atoms with Crippen molar-refractivity contribution in [1.29, 1.82) is 0 Å². The number of nitrogens with zero attached hydrogens (tertiary/aromatic N) is 6. The lowest BCUT2D eigenvalue weighted by Crippen LogP contribution is -2.21. The Labute approximate surface area is 254 Å². The molecule has 44 heavy (non-hydrogen) atoms. The zero-order chi connectivity index (χ0) is 29.4. The smallest absolute Gasteiger partial charge is 0.0956 e.